The van der Waals surface area contributed by atoms with Crippen LogP contribution < -0.4 is 10.6 Å². The normalized spacial score (nSPS) is 10.9. The molecule has 5 aromatic rings. The first kappa shape index (κ1) is 23.3. The van der Waals surface area contributed by atoms with Gasteiger partial charge in [-0.05, 0) is 50.2 Å². The molecule has 180 valence electrons. The average Bonchev–Trinajstić information content (AvgIpc) is 3.56. The van der Waals surface area contributed by atoms with E-state index in [1.54, 1.807) is 37.3 Å². The molecule has 0 fully saturated rings. The van der Waals surface area contributed by atoms with Crippen molar-refractivity contribution in [3.8, 4) is 5.69 Å². The fraction of sp³-hybridized carbons (Fsp3) is 0.0870. The highest BCUT2D eigenvalue weighted by Gasteiger charge is 2.19. The Balaban J connectivity index is 1.33. The van der Waals surface area contributed by atoms with Crippen LogP contribution in [0, 0.1) is 24.0 Å². The van der Waals surface area contributed by atoms with Gasteiger partial charge in [-0.25, -0.2) is 9.67 Å². The van der Waals surface area contributed by atoms with Crippen LogP contribution in [0.1, 0.15) is 30.7 Å². The number of aryl methyl sites for hydroxylation is 1. The fourth-order valence-corrected chi connectivity index (χ4v) is 5.15. The Labute approximate surface area is 211 Å². The van der Waals surface area contributed by atoms with Crippen molar-refractivity contribution in [3.63, 3.8) is 0 Å². The third-order valence-corrected chi connectivity index (χ3v) is 7.16. The molecule has 11 nitrogen and oxygen atoms in total. The van der Waals surface area contributed by atoms with Gasteiger partial charge in [-0.15, -0.1) is 16.4 Å². The Morgan fingerprint density at radius 1 is 1.00 bits per heavy atom. The maximum Gasteiger partial charge on any atom is 0.278 e. The second-order valence-corrected chi connectivity index (χ2v) is 10.1. The number of nitro groups is 1. The molecule has 3 heterocycles. The van der Waals surface area contributed by atoms with Crippen LogP contribution in [0.2, 0.25) is 0 Å². The summed E-state index contributed by atoms with van der Waals surface area (Å²) in [4.78, 5) is 42.0. The quantitative estimate of drug-likeness (QED) is 0.238. The summed E-state index contributed by atoms with van der Waals surface area (Å²) in [5.74, 6) is -0.697. The summed E-state index contributed by atoms with van der Waals surface area (Å²) < 4.78 is 2.15. The molecule has 3 aromatic heterocycles. The number of amides is 2. The number of rotatable bonds is 6. The first-order valence-electron chi connectivity index (χ1n) is 10.6. The van der Waals surface area contributed by atoms with Crippen LogP contribution in [0.5, 0.6) is 0 Å². The van der Waals surface area contributed by atoms with Crippen molar-refractivity contribution in [2.24, 2.45) is 0 Å². The number of nitrogens with zero attached hydrogens (tertiary/aromatic N) is 5. The monoisotopic (exact) mass is 519 g/mol. The summed E-state index contributed by atoms with van der Waals surface area (Å²) in [6.07, 6.45) is 0. The first-order chi connectivity index (χ1) is 17.3. The summed E-state index contributed by atoms with van der Waals surface area (Å²) in [6, 6.07) is 14.8. The highest BCUT2D eigenvalue weighted by atomic mass is 32.1. The lowest BCUT2D eigenvalue weighted by Gasteiger charge is -2.05. The SMILES string of the molecule is Cc1ccc(C(=O)Nc2nc3ccc(NC(=O)c4nnn(-c5cccc([N+](=O)[O-])c5)c4C)cc3s2)s1. The molecular weight excluding hydrogens is 502 g/mol. The van der Waals surface area contributed by atoms with Crippen LogP contribution >= 0.6 is 22.7 Å². The maximum atomic E-state index is 12.9. The zero-order valence-electron chi connectivity index (χ0n) is 18.9. The topological polar surface area (TPSA) is 145 Å². The largest absolute Gasteiger partial charge is 0.320 e. The van der Waals surface area contributed by atoms with E-state index in [0.717, 1.165) is 9.58 Å². The predicted molar refractivity (Wildman–Crippen MR) is 137 cm³/mol. The van der Waals surface area contributed by atoms with Crippen molar-refractivity contribution in [3.05, 3.63) is 85.9 Å². The molecule has 2 N–H and O–H groups in total. The molecule has 13 heteroatoms. The smallest absolute Gasteiger partial charge is 0.278 e. The second-order valence-electron chi connectivity index (χ2n) is 7.73. The van der Waals surface area contributed by atoms with E-state index in [-0.39, 0.29) is 17.3 Å². The van der Waals surface area contributed by atoms with Crippen molar-refractivity contribution >= 4 is 61.2 Å². The van der Waals surface area contributed by atoms with E-state index < -0.39 is 10.8 Å². The van der Waals surface area contributed by atoms with Crippen LogP contribution in [-0.2, 0) is 0 Å². The Bertz CT molecular complexity index is 1650. The van der Waals surface area contributed by atoms with Gasteiger partial charge in [0.05, 0.1) is 31.4 Å². The van der Waals surface area contributed by atoms with Crippen LogP contribution in [0.4, 0.5) is 16.5 Å². The lowest BCUT2D eigenvalue weighted by atomic mass is 10.2. The molecule has 5 rings (SSSR count). The van der Waals surface area contributed by atoms with E-state index in [1.807, 2.05) is 13.0 Å². The van der Waals surface area contributed by atoms with Gasteiger partial charge < -0.3 is 5.32 Å². The molecule has 0 aliphatic heterocycles. The molecule has 0 aliphatic carbocycles. The Hall–Kier alpha value is -4.49. The molecule has 0 aliphatic rings. The summed E-state index contributed by atoms with van der Waals surface area (Å²) in [7, 11) is 0. The van der Waals surface area contributed by atoms with Gasteiger partial charge in [-0.2, -0.15) is 0 Å². The van der Waals surface area contributed by atoms with Gasteiger partial charge >= 0.3 is 0 Å². The molecule has 2 aromatic carbocycles. The molecule has 0 atom stereocenters. The molecule has 0 radical (unpaired) electrons. The van der Waals surface area contributed by atoms with E-state index in [0.29, 0.717) is 32.6 Å². The van der Waals surface area contributed by atoms with Gasteiger partial charge in [-0.3, -0.25) is 25.0 Å². The number of benzene rings is 2. The molecule has 36 heavy (non-hydrogen) atoms. The van der Waals surface area contributed by atoms with Crippen LogP contribution in [0.3, 0.4) is 0 Å². The number of hydrogen-bond acceptors (Lipinski definition) is 9. The Morgan fingerprint density at radius 2 is 1.83 bits per heavy atom. The van der Waals surface area contributed by atoms with E-state index >= 15 is 0 Å². The number of anilines is 2. The number of nitrogens with one attached hydrogen (secondary N) is 2. The third kappa shape index (κ3) is 4.56. The molecule has 0 unspecified atom stereocenters. The van der Waals surface area contributed by atoms with Crippen molar-refractivity contribution in [1.29, 1.82) is 0 Å². The molecule has 0 spiro atoms. The molecule has 2 amide bonds. The lowest BCUT2D eigenvalue weighted by molar-refractivity contribution is -0.384. The summed E-state index contributed by atoms with van der Waals surface area (Å²) in [5, 5.41) is 25.1. The zero-order valence-corrected chi connectivity index (χ0v) is 20.5. The van der Waals surface area contributed by atoms with E-state index in [2.05, 4.69) is 25.9 Å². The van der Waals surface area contributed by atoms with Crippen LogP contribution in [0.15, 0.2) is 54.6 Å². The number of non-ortho nitro benzene ring substituents is 1. The van der Waals surface area contributed by atoms with Crippen LogP contribution in [0.25, 0.3) is 15.9 Å². The second kappa shape index (κ2) is 9.28. The molecular formula is C23H17N7O4S2. The molecule has 0 saturated carbocycles. The van der Waals surface area contributed by atoms with Crippen molar-refractivity contribution in [1.82, 2.24) is 20.0 Å². The number of aromatic nitrogens is 4. The number of fused-ring (bicyclic) bond motifs is 1. The highest BCUT2D eigenvalue weighted by Crippen LogP contribution is 2.29. The minimum atomic E-state index is -0.501. The number of carbonyl (C=O) groups is 2. The fourth-order valence-electron chi connectivity index (χ4n) is 3.48. The number of nitro benzene ring substituents is 1. The van der Waals surface area contributed by atoms with E-state index in [9.17, 15) is 19.7 Å². The van der Waals surface area contributed by atoms with Gasteiger partial charge in [-0.1, -0.05) is 22.6 Å². The summed E-state index contributed by atoms with van der Waals surface area (Å²) in [5.41, 5.74) is 2.06. The van der Waals surface area contributed by atoms with Crippen molar-refractivity contribution < 1.29 is 14.5 Å². The predicted octanol–water partition coefficient (Wildman–Crippen LogP) is 4.97. The summed E-state index contributed by atoms with van der Waals surface area (Å²) in [6.45, 7) is 3.59. The average molecular weight is 520 g/mol. The van der Waals surface area contributed by atoms with Crippen LogP contribution in [-0.4, -0.2) is 36.7 Å². The van der Waals surface area contributed by atoms with Crippen molar-refractivity contribution in [2.75, 3.05) is 10.6 Å². The van der Waals surface area contributed by atoms with Gasteiger partial charge in [0.15, 0.2) is 10.8 Å². The van der Waals surface area contributed by atoms with E-state index in [4.69, 9.17) is 0 Å². The number of carbonyl (C=O) groups excluding carboxylic acids is 2. The molecule has 0 saturated heterocycles. The van der Waals surface area contributed by atoms with Gasteiger partial charge in [0.1, 0.15) is 0 Å². The highest BCUT2D eigenvalue weighted by molar-refractivity contribution is 7.22. The Kier molecular flexibility index (Phi) is 6.00. The zero-order chi connectivity index (χ0) is 25.4. The van der Waals surface area contributed by atoms with Crippen molar-refractivity contribution in [2.45, 2.75) is 13.8 Å². The maximum absolute atomic E-state index is 12.9. The third-order valence-electron chi connectivity index (χ3n) is 5.23. The lowest BCUT2D eigenvalue weighted by Crippen LogP contribution is -2.14. The number of thiophene rings is 1. The Morgan fingerprint density at radius 3 is 2.58 bits per heavy atom. The number of hydrogen-bond donors (Lipinski definition) is 2. The van der Waals surface area contributed by atoms with Gasteiger partial charge in [0, 0.05) is 22.7 Å². The van der Waals surface area contributed by atoms with Gasteiger partial charge in [0.2, 0.25) is 0 Å². The summed E-state index contributed by atoms with van der Waals surface area (Å²) >= 11 is 2.70. The minimum Gasteiger partial charge on any atom is -0.320 e. The number of thiazole rings is 1. The van der Waals surface area contributed by atoms with Gasteiger partial charge in [0.25, 0.3) is 17.5 Å². The van der Waals surface area contributed by atoms with E-state index in [1.165, 1.54) is 45.6 Å². The first-order valence-corrected chi connectivity index (χ1v) is 12.2. The standard InChI is InChI=1S/C23H17N7O4S2/c1-12-6-9-18(35-12)21(31)26-23-25-17-8-7-14(10-19(17)36-23)24-22(32)20-13(2)29(28-27-20)15-4-3-5-16(11-15)30(33)34/h3-11H,1-2H3,(H,24,32)(H,25,26,31). The molecule has 0 bridgehead atoms. The minimum absolute atomic E-state index is 0.0881.